The van der Waals surface area contributed by atoms with Gasteiger partial charge in [0, 0.05) is 12.7 Å². The van der Waals surface area contributed by atoms with Crippen LogP contribution in [0.2, 0.25) is 0 Å². The van der Waals surface area contributed by atoms with Crippen LogP contribution < -0.4 is 24.2 Å². The average Bonchev–Trinajstić information content (AvgIpc) is 3.32. The Morgan fingerprint density at radius 3 is 2.58 bits per heavy atom. The molecular formula is C38H58LiN2O2-. The molecule has 4 aliphatic rings. The Kier molecular flexibility index (Phi) is 11.8. The van der Waals surface area contributed by atoms with E-state index in [2.05, 4.69) is 63.1 Å². The molecule has 5 heteroatoms. The molecule has 4 unspecified atom stereocenters. The summed E-state index contributed by atoms with van der Waals surface area (Å²) >= 11 is 0. The summed E-state index contributed by atoms with van der Waals surface area (Å²) in [7, 11) is 0. The Hall–Kier alpha value is -1.05. The Balaban J connectivity index is 0.00000212. The van der Waals surface area contributed by atoms with Crippen molar-refractivity contribution in [3.8, 4) is 0 Å². The fraction of sp³-hybridized carbons (Fsp3) is 0.763. The van der Waals surface area contributed by atoms with Crippen LogP contribution in [0.4, 0.5) is 5.69 Å². The Morgan fingerprint density at radius 2 is 1.77 bits per heavy atom. The fourth-order valence-corrected chi connectivity index (χ4v) is 11.0. The SMILES string of the molecule is CC(C)CCC[C@@H](C)[C@H]1CCC2C3CCC4C[C@@H](OCCNc5cc[c-]c6ncccc56)CC[C@]4(C)C3CC[C@@]21C.[Li+].[OH-]. The van der Waals surface area contributed by atoms with E-state index < -0.39 is 0 Å². The number of nitrogens with one attached hydrogen (secondary N) is 1. The van der Waals surface area contributed by atoms with Gasteiger partial charge in [-0.25, -0.2) is 0 Å². The van der Waals surface area contributed by atoms with Crippen LogP contribution in [0.3, 0.4) is 0 Å². The summed E-state index contributed by atoms with van der Waals surface area (Å²) in [5.41, 5.74) is 3.20. The van der Waals surface area contributed by atoms with Gasteiger partial charge in [0.05, 0.1) is 12.7 Å². The fourth-order valence-electron chi connectivity index (χ4n) is 11.0. The van der Waals surface area contributed by atoms with E-state index in [1.165, 1.54) is 77.0 Å². The minimum absolute atomic E-state index is 0. The number of anilines is 1. The zero-order valence-electron chi connectivity index (χ0n) is 28.2. The second kappa shape index (κ2) is 14.6. The van der Waals surface area contributed by atoms with Gasteiger partial charge in [-0.05, 0) is 116 Å². The van der Waals surface area contributed by atoms with Gasteiger partial charge in [-0.3, -0.25) is 4.98 Å². The number of fused-ring (bicyclic) bond motifs is 6. The summed E-state index contributed by atoms with van der Waals surface area (Å²) in [6.07, 6.45) is 19.4. The maximum atomic E-state index is 6.53. The molecule has 0 bridgehead atoms. The summed E-state index contributed by atoms with van der Waals surface area (Å²) in [5.74, 6) is 6.50. The van der Waals surface area contributed by atoms with E-state index in [0.717, 1.165) is 71.2 Å². The molecule has 0 spiro atoms. The maximum absolute atomic E-state index is 6.53. The van der Waals surface area contributed by atoms with E-state index in [9.17, 15) is 0 Å². The van der Waals surface area contributed by atoms with Crippen LogP contribution in [0.25, 0.3) is 10.9 Å². The van der Waals surface area contributed by atoms with Crippen molar-refractivity contribution in [1.29, 1.82) is 0 Å². The van der Waals surface area contributed by atoms with Crippen molar-refractivity contribution in [3.63, 3.8) is 0 Å². The van der Waals surface area contributed by atoms with Crippen LogP contribution >= 0.6 is 0 Å². The van der Waals surface area contributed by atoms with E-state index in [0.29, 0.717) is 16.9 Å². The molecule has 234 valence electrons. The normalized spacial score (nSPS) is 35.7. The second-order valence-corrected chi connectivity index (χ2v) is 15.7. The summed E-state index contributed by atoms with van der Waals surface area (Å²) in [6.45, 7) is 14.4. The average molecular weight is 582 g/mol. The largest absolute Gasteiger partial charge is 1.00 e. The molecule has 0 saturated heterocycles. The zero-order chi connectivity index (χ0) is 28.6. The van der Waals surface area contributed by atoms with Crippen LogP contribution in [0.1, 0.15) is 112 Å². The monoisotopic (exact) mass is 581 g/mol. The van der Waals surface area contributed by atoms with Crippen molar-refractivity contribution in [3.05, 3.63) is 36.5 Å². The van der Waals surface area contributed by atoms with Gasteiger partial charge < -0.3 is 15.5 Å². The summed E-state index contributed by atoms with van der Waals surface area (Å²) in [6, 6.07) is 11.4. The van der Waals surface area contributed by atoms with Gasteiger partial charge >= 0.3 is 18.9 Å². The third-order valence-electron chi connectivity index (χ3n) is 13.2. The summed E-state index contributed by atoms with van der Waals surface area (Å²) < 4.78 is 6.53. The van der Waals surface area contributed by atoms with Crippen molar-refractivity contribution >= 4 is 16.6 Å². The number of rotatable bonds is 10. The Labute approximate surface area is 274 Å². The molecule has 6 rings (SSSR count). The molecule has 9 atom stereocenters. The van der Waals surface area contributed by atoms with Gasteiger partial charge in [-0.15, -0.1) is 12.1 Å². The molecule has 4 nitrogen and oxygen atoms in total. The molecule has 0 radical (unpaired) electrons. The van der Waals surface area contributed by atoms with E-state index in [-0.39, 0.29) is 24.3 Å². The van der Waals surface area contributed by atoms with Crippen molar-refractivity contribution < 1.29 is 29.1 Å². The van der Waals surface area contributed by atoms with Crippen LogP contribution in [-0.2, 0) is 4.74 Å². The predicted octanol–water partition coefficient (Wildman–Crippen LogP) is 6.78. The minimum Gasteiger partial charge on any atom is -0.870 e. The third kappa shape index (κ3) is 6.89. The number of ether oxygens (including phenoxy) is 1. The van der Waals surface area contributed by atoms with E-state index >= 15 is 0 Å². The number of benzene rings is 1. The number of pyridine rings is 1. The van der Waals surface area contributed by atoms with Gasteiger partial charge in [0.1, 0.15) is 0 Å². The smallest absolute Gasteiger partial charge is 0.870 e. The Bertz CT molecular complexity index is 1170. The van der Waals surface area contributed by atoms with E-state index in [4.69, 9.17) is 4.74 Å². The molecule has 4 fully saturated rings. The molecule has 1 aromatic heterocycles. The van der Waals surface area contributed by atoms with Gasteiger partial charge in [0.25, 0.3) is 0 Å². The number of hydrogen-bond acceptors (Lipinski definition) is 4. The van der Waals surface area contributed by atoms with Crippen LogP contribution in [0.5, 0.6) is 0 Å². The topological polar surface area (TPSA) is 64.2 Å². The molecular weight excluding hydrogens is 523 g/mol. The predicted molar refractivity (Wildman–Crippen MR) is 174 cm³/mol. The number of nitrogens with zero attached hydrogens (tertiary/aromatic N) is 1. The molecule has 4 saturated carbocycles. The van der Waals surface area contributed by atoms with Crippen molar-refractivity contribution in [2.45, 2.75) is 118 Å². The second-order valence-electron chi connectivity index (χ2n) is 15.7. The number of hydrogen-bond donors (Lipinski definition) is 1. The molecule has 0 amide bonds. The van der Waals surface area contributed by atoms with Gasteiger partial charge in [-0.2, -0.15) is 12.1 Å². The van der Waals surface area contributed by atoms with E-state index in [1.807, 2.05) is 18.3 Å². The van der Waals surface area contributed by atoms with Gasteiger partial charge in [-0.1, -0.05) is 71.0 Å². The molecule has 1 aromatic carbocycles. The first-order valence-corrected chi connectivity index (χ1v) is 17.4. The van der Waals surface area contributed by atoms with Crippen molar-refractivity contribution in [1.82, 2.24) is 4.98 Å². The van der Waals surface area contributed by atoms with Crippen LogP contribution in [0.15, 0.2) is 30.5 Å². The minimum atomic E-state index is 0. The summed E-state index contributed by atoms with van der Waals surface area (Å²) in [5, 5.41) is 4.73. The first kappa shape index (κ1) is 34.8. The van der Waals surface area contributed by atoms with Gasteiger partial charge in [0.2, 0.25) is 0 Å². The first-order chi connectivity index (χ1) is 19.8. The molecule has 43 heavy (non-hydrogen) atoms. The zero-order valence-corrected chi connectivity index (χ0v) is 28.2. The molecule has 0 aliphatic heterocycles. The van der Waals surface area contributed by atoms with Crippen molar-refractivity contribution in [2.75, 3.05) is 18.5 Å². The van der Waals surface area contributed by atoms with Crippen LogP contribution in [-0.4, -0.2) is 29.7 Å². The van der Waals surface area contributed by atoms with E-state index in [1.54, 1.807) is 0 Å². The molecule has 2 aromatic rings. The summed E-state index contributed by atoms with van der Waals surface area (Å²) in [4.78, 5) is 4.44. The standard InChI is InChI=1S/C38H57N2O.Li.H2O/c1-26(2)9-6-10-27(3)32-16-17-33-30-15-14-28-25-29(18-20-37(28,4)34(30)19-21-38(32,33)5)41-24-23-40-36-13-7-12-35-31(36)11-8-22-39-35;;/h7-8,11,13,22,26-30,32-34,40H,6,9-10,14-21,23-25H2,1-5H3;;1H2/q-1;+1;/p-1/t27-,28?,29+,30?,32-,33?,34?,37+,38-;;/m1../s1. The van der Waals surface area contributed by atoms with Gasteiger partial charge in [0.15, 0.2) is 0 Å². The quantitative estimate of drug-likeness (QED) is 0.191. The number of aromatic nitrogens is 1. The van der Waals surface area contributed by atoms with Crippen LogP contribution in [0, 0.1) is 58.3 Å². The molecule has 2 N–H and O–H groups in total. The Morgan fingerprint density at radius 1 is 0.977 bits per heavy atom. The maximum Gasteiger partial charge on any atom is 1.00 e. The molecule has 4 aliphatic carbocycles. The third-order valence-corrected chi connectivity index (χ3v) is 13.2. The molecule has 1 heterocycles. The van der Waals surface area contributed by atoms with Crippen molar-refractivity contribution in [2.24, 2.45) is 52.3 Å². The first-order valence-electron chi connectivity index (χ1n) is 17.4.